The van der Waals surface area contributed by atoms with Crippen molar-refractivity contribution < 1.29 is 18.0 Å². The number of piperidine rings is 1. The second kappa shape index (κ2) is 11.1. The van der Waals surface area contributed by atoms with E-state index in [1.807, 2.05) is 41.8 Å². The van der Waals surface area contributed by atoms with E-state index in [4.69, 9.17) is 0 Å². The summed E-state index contributed by atoms with van der Waals surface area (Å²) in [6.45, 7) is 5.91. The first-order valence-corrected chi connectivity index (χ1v) is 13.2. The van der Waals surface area contributed by atoms with Gasteiger partial charge in [0.05, 0.1) is 11.8 Å². The van der Waals surface area contributed by atoms with Gasteiger partial charge >= 0.3 is 6.18 Å². The number of carbonyl (C=O) groups is 1. The summed E-state index contributed by atoms with van der Waals surface area (Å²) in [4.78, 5) is 19.6. The molecule has 4 aromatic rings. The Balaban J connectivity index is 1.36. The van der Waals surface area contributed by atoms with Gasteiger partial charge in [0.1, 0.15) is 11.3 Å². The van der Waals surface area contributed by atoms with Gasteiger partial charge in [0.15, 0.2) is 5.78 Å². The Hall–Kier alpha value is -3.89. The number of ketones is 1. The number of hydrogen-bond donors (Lipinski definition) is 0. The molecule has 39 heavy (non-hydrogen) atoms. The maximum Gasteiger partial charge on any atom is 0.416 e. The summed E-state index contributed by atoms with van der Waals surface area (Å²) in [6, 6.07) is 15.2. The number of Topliss-reactive ketones (excluding diaryl/α,β-unsaturated/α-hetero) is 1. The summed E-state index contributed by atoms with van der Waals surface area (Å²) in [5, 5.41) is 0. The quantitative estimate of drug-likeness (QED) is 0.213. The van der Waals surface area contributed by atoms with E-state index in [1.165, 1.54) is 6.07 Å². The van der Waals surface area contributed by atoms with Crippen LogP contribution < -0.4 is 0 Å². The molecule has 4 nitrogen and oxygen atoms in total. The zero-order chi connectivity index (χ0) is 27.6. The number of nitrogens with zero attached hydrogens (tertiary/aromatic N) is 3. The molecule has 200 valence electrons. The smallest absolute Gasteiger partial charge is 0.299 e. The van der Waals surface area contributed by atoms with Gasteiger partial charge in [-0.3, -0.25) is 14.1 Å². The van der Waals surface area contributed by atoms with Crippen LogP contribution in [0.4, 0.5) is 13.2 Å². The Bertz CT molecular complexity index is 1580. The molecule has 1 unspecified atom stereocenters. The van der Waals surface area contributed by atoms with Gasteiger partial charge in [-0.25, -0.2) is 4.98 Å². The minimum Gasteiger partial charge on any atom is -0.299 e. The van der Waals surface area contributed by atoms with Crippen molar-refractivity contribution in [3.63, 3.8) is 0 Å². The van der Waals surface area contributed by atoms with Gasteiger partial charge in [0.25, 0.3) is 0 Å². The predicted molar refractivity (Wildman–Crippen MR) is 146 cm³/mol. The second-order valence-electron chi connectivity index (χ2n) is 10.4. The molecule has 1 saturated heterocycles. The molecule has 0 spiro atoms. The number of aryl methyl sites for hydroxylation is 1. The number of benzene rings is 2. The topological polar surface area (TPSA) is 37.6 Å². The summed E-state index contributed by atoms with van der Waals surface area (Å²) < 4.78 is 43.9. The molecule has 5 rings (SSSR count). The average molecular weight is 530 g/mol. The number of rotatable bonds is 5. The number of carbonyl (C=O) groups excluding carboxylic acids is 1. The first kappa shape index (κ1) is 26.7. The standard InChI is InChI=1S/C32H30F3N3O/c1-22-6-5-14-37(20-22)21-27-11-9-24(16-29(27)32(33,34)35)17-30(39)26-10-8-23(2)25(18-26)12-13-28-19-36-31-7-3-4-15-38(28)31/h3-4,7-11,15-16,18-19,22H,5-6,14,17,20-21H2,1-2H3. The lowest BCUT2D eigenvalue weighted by atomic mass is 9.95. The number of imidazole rings is 1. The maximum atomic E-state index is 14.0. The van der Waals surface area contributed by atoms with Crippen molar-refractivity contribution in [2.75, 3.05) is 13.1 Å². The summed E-state index contributed by atoms with van der Waals surface area (Å²) >= 11 is 0. The highest BCUT2D eigenvalue weighted by molar-refractivity contribution is 5.98. The van der Waals surface area contributed by atoms with Crippen molar-refractivity contribution in [1.82, 2.24) is 14.3 Å². The minimum atomic E-state index is -4.49. The van der Waals surface area contributed by atoms with Gasteiger partial charge in [0.2, 0.25) is 0 Å². The summed E-state index contributed by atoms with van der Waals surface area (Å²) in [5.41, 5.74) is 3.47. The Morgan fingerprint density at radius 2 is 1.95 bits per heavy atom. The molecule has 1 fully saturated rings. The second-order valence-corrected chi connectivity index (χ2v) is 10.4. The fourth-order valence-corrected chi connectivity index (χ4v) is 5.18. The SMILES string of the molecule is Cc1ccc(C(=O)Cc2ccc(CN3CCCC(C)C3)c(C(F)(F)F)c2)cc1C#Cc1cnc2ccccn12. The summed E-state index contributed by atoms with van der Waals surface area (Å²) in [6.07, 6.45) is 1.08. The molecule has 2 aromatic carbocycles. The van der Waals surface area contributed by atoms with E-state index >= 15 is 0 Å². The van der Waals surface area contributed by atoms with Crippen LogP contribution in [0.3, 0.4) is 0 Å². The lowest BCUT2D eigenvalue weighted by Crippen LogP contribution is -2.34. The van der Waals surface area contributed by atoms with Crippen LogP contribution >= 0.6 is 0 Å². The van der Waals surface area contributed by atoms with Crippen molar-refractivity contribution in [3.05, 3.63) is 106 Å². The molecular weight excluding hydrogens is 499 g/mol. The van der Waals surface area contributed by atoms with Gasteiger partial charge in [0, 0.05) is 36.8 Å². The fraction of sp³-hybridized carbons (Fsp3) is 0.312. The van der Waals surface area contributed by atoms with E-state index in [1.54, 1.807) is 24.4 Å². The molecule has 1 aliphatic heterocycles. The lowest BCUT2D eigenvalue weighted by Gasteiger charge is -2.31. The number of pyridine rings is 1. The monoisotopic (exact) mass is 529 g/mol. The minimum absolute atomic E-state index is 0.118. The molecule has 1 aliphatic rings. The van der Waals surface area contributed by atoms with Crippen molar-refractivity contribution in [2.45, 2.75) is 45.8 Å². The maximum absolute atomic E-state index is 14.0. The van der Waals surface area contributed by atoms with Gasteiger partial charge < -0.3 is 0 Å². The third-order valence-corrected chi connectivity index (χ3v) is 7.28. The number of hydrogen-bond acceptors (Lipinski definition) is 3. The molecule has 0 aliphatic carbocycles. The number of alkyl halides is 3. The van der Waals surface area contributed by atoms with Crippen molar-refractivity contribution in [2.24, 2.45) is 5.92 Å². The summed E-state index contributed by atoms with van der Waals surface area (Å²) in [5.74, 6) is 6.47. The van der Waals surface area contributed by atoms with E-state index in [9.17, 15) is 18.0 Å². The van der Waals surface area contributed by atoms with Crippen LogP contribution in [0.15, 0.2) is 67.0 Å². The number of halogens is 3. The van der Waals surface area contributed by atoms with Crippen LogP contribution in [-0.4, -0.2) is 33.2 Å². The molecule has 2 aromatic heterocycles. The Kier molecular flexibility index (Phi) is 7.58. The third kappa shape index (κ3) is 6.23. The molecule has 3 heterocycles. The molecule has 0 radical (unpaired) electrons. The van der Waals surface area contributed by atoms with Gasteiger partial charge in [-0.15, -0.1) is 0 Å². The highest BCUT2D eigenvalue weighted by Gasteiger charge is 2.34. The van der Waals surface area contributed by atoms with Crippen LogP contribution in [-0.2, 0) is 19.1 Å². The van der Waals surface area contributed by atoms with Gasteiger partial charge in [-0.05, 0) is 79.1 Å². The Morgan fingerprint density at radius 1 is 1.10 bits per heavy atom. The highest BCUT2D eigenvalue weighted by Crippen LogP contribution is 2.34. The van der Waals surface area contributed by atoms with Crippen molar-refractivity contribution in [1.29, 1.82) is 0 Å². The highest BCUT2D eigenvalue weighted by atomic mass is 19.4. The van der Waals surface area contributed by atoms with E-state index in [-0.39, 0.29) is 24.3 Å². The van der Waals surface area contributed by atoms with E-state index in [0.29, 0.717) is 22.6 Å². The first-order chi connectivity index (χ1) is 18.7. The largest absolute Gasteiger partial charge is 0.416 e. The van der Waals surface area contributed by atoms with Gasteiger partial charge in [-0.2, -0.15) is 13.2 Å². The average Bonchev–Trinajstić information content (AvgIpc) is 3.31. The Labute approximate surface area is 226 Å². The van der Waals surface area contributed by atoms with E-state index < -0.39 is 11.7 Å². The molecule has 7 heteroatoms. The lowest BCUT2D eigenvalue weighted by molar-refractivity contribution is -0.138. The number of fused-ring (bicyclic) bond motifs is 1. The molecule has 0 saturated carbocycles. The van der Waals surface area contributed by atoms with Crippen molar-refractivity contribution >= 4 is 11.4 Å². The first-order valence-electron chi connectivity index (χ1n) is 13.2. The zero-order valence-electron chi connectivity index (χ0n) is 22.1. The van der Waals surface area contributed by atoms with Crippen LogP contribution in [0.25, 0.3) is 5.65 Å². The Morgan fingerprint density at radius 3 is 2.74 bits per heavy atom. The molecule has 0 N–H and O–H groups in total. The van der Waals surface area contributed by atoms with Crippen LogP contribution in [0.5, 0.6) is 0 Å². The predicted octanol–water partition coefficient (Wildman–Crippen LogP) is 6.72. The third-order valence-electron chi connectivity index (χ3n) is 7.28. The van der Waals surface area contributed by atoms with Crippen LogP contribution in [0.1, 0.15) is 63.6 Å². The zero-order valence-corrected chi connectivity index (χ0v) is 22.1. The van der Waals surface area contributed by atoms with Gasteiger partial charge in [-0.1, -0.05) is 43.2 Å². The normalized spacial score (nSPS) is 16.2. The van der Waals surface area contributed by atoms with E-state index in [2.05, 4.69) is 28.6 Å². The number of aromatic nitrogens is 2. The molecular formula is C32H30F3N3O. The molecule has 1 atom stereocenters. The number of likely N-dealkylation sites (tertiary alicyclic amines) is 1. The van der Waals surface area contributed by atoms with Crippen molar-refractivity contribution in [3.8, 4) is 11.8 Å². The van der Waals surface area contributed by atoms with Crippen LogP contribution in [0, 0.1) is 24.7 Å². The molecule has 0 bridgehead atoms. The van der Waals surface area contributed by atoms with E-state index in [0.717, 1.165) is 48.9 Å². The molecule has 0 amide bonds. The fourth-order valence-electron chi connectivity index (χ4n) is 5.18. The summed E-state index contributed by atoms with van der Waals surface area (Å²) in [7, 11) is 0. The van der Waals surface area contributed by atoms with Crippen LogP contribution in [0.2, 0.25) is 0 Å².